The van der Waals surface area contributed by atoms with Gasteiger partial charge in [0.1, 0.15) is 23.0 Å². The Balaban J connectivity index is 0.000000311. The molecule has 338 valence electrons. The summed E-state index contributed by atoms with van der Waals surface area (Å²) in [6.45, 7) is 2.75. The Morgan fingerprint density at radius 2 is 0.806 bits per heavy atom. The van der Waals surface area contributed by atoms with Crippen LogP contribution in [-0.4, -0.2) is 78.6 Å². The zero-order valence-corrected chi connectivity index (χ0v) is 39.2. The topological polar surface area (TPSA) is 237 Å². The van der Waals surface area contributed by atoms with Crippen LogP contribution >= 0.6 is 0 Å². The average molecular weight is 919 g/mol. The third-order valence-electron chi connectivity index (χ3n) is 8.77. The predicted octanol–water partition coefficient (Wildman–Crippen LogP) is 4.52. The Kier molecular flexibility index (Phi) is 23.1. The maximum absolute atomic E-state index is 12.2. The first-order chi connectivity index (χ1) is 31.5. The van der Waals surface area contributed by atoms with Crippen LogP contribution in [0.1, 0.15) is 91.9 Å². The molecule has 2 N–H and O–H groups in total. The first-order valence-corrected chi connectivity index (χ1v) is 19.4. The number of benzene rings is 6. The van der Waals surface area contributed by atoms with Crippen LogP contribution in [0.15, 0.2) is 158 Å². The van der Waals surface area contributed by atoms with Crippen molar-refractivity contribution in [1.29, 1.82) is 0 Å². The van der Waals surface area contributed by atoms with Crippen LogP contribution in [0.2, 0.25) is 0 Å². The normalized spacial score (nSPS) is 9.75. The minimum Gasteiger partial charge on any atom is -0.545 e. The molecule has 16 heteroatoms. The number of esters is 1. The summed E-state index contributed by atoms with van der Waals surface area (Å²) in [5.41, 5.74) is 1.18. The van der Waals surface area contributed by atoms with Gasteiger partial charge in [-0.2, -0.15) is 0 Å². The summed E-state index contributed by atoms with van der Waals surface area (Å²) in [5, 5.41) is 28.7. The van der Waals surface area contributed by atoms with Crippen molar-refractivity contribution in [2.75, 3.05) is 21.3 Å². The van der Waals surface area contributed by atoms with E-state index in [2.05, 4.69) is 0 Å². The summed E-state index contributed by atoms with van der Waals surface area (Å²) in [5.74, 6) is -2.96. The van der Waals surface area contributed by atoms with Crippen molar-refractivity contribution in [3.63, 3.8) is 0 Å². The van der Waals surface area contributed by atoms with Gasteiger partial charge in [-0.1, -0.05) is 54.6 Å². The van der Waals surface area contributed by atoms with Gasteiger partial charge in [-0.25, -0.2) is 14.4 Å². The largest absolute Gasteiger partial charge is 1.00 e. The van der Waals surface area contributed by atoms with Crippen molar-refractivity contribution >= 4 is 47.0 Å². The summed E-state index contributed by atoms with van der Waals surface area (Å²) in [6, 6.07) is 37.7. The van der Waals surface area contributed by atoms with Crippen LogP contribution in [0.25, 0.3) is 0 Å². The van der Waals surface area contributed by atoms with Crippen LogP contribution in [-0.2, 0) is 4.79 Å². The van der Waals surface area contributed by atoms with E-state index in [1.165, 1.54) is 76.6 Å². The molecular weight excluding hydrogens is 876 g/mol. The first kappa shape index (κ1) is 55.2. The first-order valence-electron chi connectivity index (χ1n) is 19.4. The van der Waals surface area contributed by atoms with E-state index < -0.39 is 23.9 Å². The SMILES string of the molecule is CC(=O)c1ccccc1C(=O)O.COc1ccc(C(=O)/C=C/C(C)=O)cc1.COc1ccc(C(=O)c2ccccc2C(=O)[O-])cc1.COc1ccc(OC(=O)c2ccccc2C(=O)O)cc1.[Na+]. The molecule has 0 spiro atoms. The smallest absolute Gasteiger partial charge is 0.545 e. The van der Waals surface area contributed by atoms with E-state index in [4.69, 9.17) is 29.2 Å². The van der Waals surface area contributed by atoms with Crippen LogP contribution in [0.3, 0.4) is 0 Å². The van der Waals surface area contributed by atoms with Crippen molar-refractivity contribution in [1.82, 2.24) is 0 Å². The monoisotopic (exact) mass is 918 g/mol. The minimum absolute atomic E-state index is 0. The van der Waals surface area contributed by atoms with Crippen LogP contribution < -0.4 is 53.6 Å². The summed E-state index contributed by atoms with van der Waals surface area (Å²) in [6.07, 6.45) is 2.52. The zero-order valence-electron chi connectivity index (χ0n) is 37.2. The van der Waals surface area contributed by atoms with E-state index >= 15 is 0 Å². The molecule has 0 saturated heterocycles. The molecule has 0 radical (unpaired) electrons. The fourth-order valence-electron chi connectivity index (χ4n) is 5.43. The van der Waals surface area contributed by atoms with Crippen molar-refractivity contribution in [3.8, 4) is 23.0 Å². The number of aromatic carboxylic acids is 3. The van der Waals surface area contributed by atoms with Crippen molar-refractivity contribution in [2.45, 2.75) is 13.8 Å². The molecule has 0 atom stereocenters. The van der Waals surface area contributed by atoms with Gasteiger partial charge in [0.25, 0.3) is 0 Å². The zero-order chi connectivity index (χ0) is 48.8. The Bertz CT molecular complexity index is 2670. The number of Topliss-reactive ketones (excluding diaryl/α,β-unsaturated/α-hetero) is 1. The van der Waals surface area contributed by atoms with E-state index in [-0.39, 0.29) is 86.1 Å². The van der Waals surface area contributed by atoms with E-state index in [0.29, 0.717) is 34.1 Å². The summed E-state index contributed by atoms with van der Waals surface area (Å²) >= 11 is 0. The summed E-state index contributed by atoms with van der Waals surface area (Å²) in [4.78, 5) is 89.8. The number of carbonyl (C=O) groups excluding carboxylic acids is 6. The molecule has 0 bridgehead atoms. The van der Waals surface area contributed by atoms with Crippen molar-refractivity contribution in [2.24, 2.45) is 0 Å². The van der Waals surface area contributed by atoms with Gasteiger partial charge in [0, 0.05) is 27.8 Å². The molecule has 0 aliphatic carbocycles. The number of carboxylic acid groups (broad SMARTS) is 3. The number of hydrogen-bond acceptors (Lipinski definition) is 13. The van der Waals surface area contributed by atoms with Gasteiger partial charge in [-0.05, 0) is 117 Å². The second-order valence-corrected chi connectivity index (χ2v) is 13.3. The molecule has 0 fully saturated rings. The molecule has 0 aromatic heterocycles. The fourth-order valence-corrected chi connectivity index (χ4v) is 5.43. The molecule has 0 saturated carbocycles. The van der Waals surface area contributed by atoms with Gasteiger partial charge in [0.2, 0.25) is 0 Å². The molecule has 6 aromatic carbocycles. The second-order valence-electron chi connectivity index (χ2n) is 13.3. The Hall–Kier alpha value is -7.98. The molecule has 0 aliphatic rings. The Morgan fingerprint density at radius 3 is 1.19 bits per heavy atom. The van der Waals surface area contributed by atoms with Gasteiger partial charge in [-0.15, -0.1) is 0 Å². The maximum Gasteiger partial charge on any atom is 1.00 e. The molecular formula is C51H43NaO15. The standard InChI is InChI=1S/C15H12O5.C15H12O4.C12H12O3.C9H8O3.Na/c1-19-10-6-8-11(9-7-10)20-15(18)13-5-3-2-4-12(13)14(16)17;1-19-11-8-6-10(7-9-11)14(16)12-4-2-3-5-13(12)15(17)18;1-9(13)3-8-12(14)10-4-6-11(15-2)7-5-10;1-6(10)7-4-2-3-5-8(7)9(11)12;/h2-9H,1H3,(H,16,17);2-9H,1H3,(H,17,18);3-8H,1-2H3;2-5H,1H3,(H,11,12);/q;;;;+1/p-1/b;;8-3+;;. The van der Waals surface area contributed by atoms with Crippen LogP contribution in [0, 0.1) is 0 Å². The van der Waals surface area contributed by atoms with E-state index in [1.807, 2.05) is 0 Å². The van der Waals surface area contributed by atoms with Crippen molar-refractivity contribution < 1.29 is 102 Å². The number of carboxylic acids is 3. The molecule has 0 amide bonds. The summed E-state index contributed by atoms with van der Waals surface area (Å²) in [7, 11) is 4.62. The third kappa shape index (κ3) is 17.5. The molecule has 6 aromatic rings. The van der Waals surface area contributed by atoms with Crippen molar-refractivity contribution in [3.05, 3.63) is 202 Å². The second kappa shape index (κ2) is 28.0. The number of ether oxygens (including phenoxy) is 4. The number of carbonyl (C=O) groups is 8. The number of hydrogen-bond donors (Lipinski definition) is 2. The molecule has 67 heavy (non-hydrogen) atoms. The van der Waals surface area contributed by atoms with Crippen LogP contribution in [0.4, 0.5) is 0 Å². The Labute approximate surface area is 407 Å². The van der Waals surface area contributed by atoms with Gasteiger partial charge in [0.15, 0.2) is 23.1 Å². The van der Waals surface area contributed by atoms with Crippen LogP contribution in [0.5, 0.6) is 23.0 Å². The van der Waals surface area contributed by atoms with E-state index in [1.54, 1.807) is 116 Å². The minimum atomic E-state index is -1.36. The molecule has 0 unspecified atom stereocenters. The molecule has 15 nitrogen and oxygen atoms in total. The molecule has 0 heterocycles. The summed E-state index contributed by atoms with van der Waals surface area (Å²) < 4.78 is 20.1. The van der Waals surface area contributed by atoms with Gasteiger partial charge in [-0.3, -0.25) is 19.2 Å². The van der Waals surface area contributed by atoms with E-state index in [0.717, 1.165) is 0 Å². The maximum atomic E-state index is 12.2. The van der Waals surface area contributed by atoms with E-state index in [9.17, 15) is 43.5 Å². The predicted molar refractivity (Wildman–Crippen MR) is 239 cm³/mol. The third-order valence-corrected chi connectivity index (χ3v) is 8.77. The average Bonchev–Trinajstić information content (AvgIpc) is 3.33. The quantitative estimate of drug-likeness (QED) is 0.0503. The number of methoxy groups -OCH3 is 3. The van der Waals surface area contributed by atoms with Gasteiger partial charge < -0.3 is 39.1 Å². The van der Waals surface area contributed by atoms with Gasteiger partial charge >= 0.3 is 47.5 Å². The Morgan fingerprint density at radius 1 is 0.448 bits per heavy atom. The van der Waals surface area contributed by atoms with Gasteiger partial charge in [0.05, 0.1) is 44.0 Å². The fraction of sp³-hybridized carbons (Fsp3) is 0.0980. The number of allylic oxidation sites excluding steroid dienone is 2. The number of ketones is 4. The molecule has 6 rings (SSSR count). The number of rotatable bonds is 14. The molecule has 0 aliphatic heterocycles.